The van der Waals surface area contributed by atoms with E-state index < -0.39 is 17.0 Å². The zero-order valence-corrected chi connectivity index (χ0v) is 18.2. The largest absolute Gasteiger partial charge is 0.338 e. The number of rotatable bonds is 6. The van der Waals surface area contributed by atoms with Gasteiger partial charge in [0.15, 0.2) is 17.5 Å². The Balaban J connectivity index is 1.68. The van der Waals surface area contributed by atoms with Gasteiger partial charge in [-0.3, -0.25) is 4.79 Å². The average molecular weight is 453 g/mol. The molecule has 1 atom stereocenters. The van der Waals surface area contributed by atoms with E-state index in [1.165, 1.54) is 12.1 Å². The van der Waals surface area contributed by atoms with Gasteiger partial charge in [0.25, 0.3) is 0 Å². The first kappa shape index (κ1) is 21.5. The average Bonchev–Trinajstić information content (AvgIpc) is 3.21. The molecular weight excluding hydrogens is 432 g/mol. The van der Waals surface area contributed by atoms with Crippen LogP contribution in [-0.4, -0.2) is 16.1 Å². The molecule has 4 nitrogen and oxygen atoms in total. The lowest BCUT2D eigenvalue weighted by Gasteiger charge is -2.35. The molecule has 1 N–H and O–H groups in total. The van der Waals surface area contributed by atoms with Crippen LogP contribution in [0.15, 0.2) is 91.0 Å². The van der Waals surface area contributed by atoms with E-state index in [0.29, 0.717) is 24.1 Å². The Kier molecular flexibility index (Phi) is 5.64. The first-order chi connectivity index (χ1) is 16.6. The summed E-state index contributed by atoms with van der Waals surface area (Å²) in [5.74, 6) is -1.14. The monoisotopic (exact) mass is 453 g/mol. The van der Waals surface area contributed by atoms with Gasteiger partial charge in [0.2, 0.25) is 0 Å². The van der Waals surface area contributed by atoms with Crippen molar-refractivity contribution in [3.63, 3.8) is 0 Å². The lowest BCUT2D eigenvalue weighted by atomic mass is 9.68. The van der Waals surface area contributed by atoms with Crippen molar-refractivity contribution in [1.29, 1.82) is 0 Å². The summed E-state index contributed by atoms with van der Waals surface area (Å²) in [6.45, 7) is 0. The summed E-state index contributed by atoms with van der Waals surface area (Å²) in [5, 5.41) is 8.02. The summed E-state index contributed by atoms with van der Waals surface area (Å²) in [7, 11) is 0. The van der Waals surface area contributed by atoms with Crippen LogP contribution in [0.5, 0.6) is 0 Å². The van der Waals surface area contributed by atoms with Gasteiger partial charge >= 0.3 is 0 Å². The number of carbonyl (C=O) groups excluding carboxylic acids is 1. The number of halogens is 2. The Morgan fingerprint density at radius 3 is 2.35 bits per heavy atom. The zero-order chi connectivity index (χ0) is 23.5. The van der Waals surface area contributed by atoms with Crippen molar-refractivity contribution in [3.05, 3.63) is 125 Å². The minimum absolute atomic E-state index is 0.431. The fourth-order valence-corrected chi connectivity index (χ4v) is 4.44. The quantitative estimate of drug-likeness (QED) is 0.282. The van der Waals surface area contributed by atoms with Crippen molar-refractivity contribution in [2.75, 3.05) is 5.32 Å². The molecule has 5 rings (SSSR count). The number of hydrogen-bond donors (Lipinski definition) is 1. The van der Waals surface area contributed by atoms with Gasteiger partial charge in [0, 0.05) is 29.3 Å². The number of benzene rings is 3. The zero-order valence-electron chi connectivity index (χ0n) is 18.2. The summed E-state index contributed by atoms with van der Waals surface area (Å²) < 4.78 is 29.8. The van der Waals surface area contributed by atoms with Gasteiger partial charge in [0.05, 0.1) is 5.69 Å². The number of nitrogens with zero attached hydrogens (tertiary/aromatic N) is 2. The van der Waals surface area contributed by atoms with Gasteiger partial charge in [0.1, 0.15) is 6.29 Å². The molecule has 3 aromatic carbocycles. The van der Waals surface area contributed by atoms with Crippen LogP contribution in [0.25, 0.3) is 12.3 Å². The molecule has 0 fully saturated rings. The molecule has 1 aromatic heterocycles. The molecule has 4 aromatic rings. The van der Waals surface area contributed by atoms with Crippen LogP contribution in [0.3, 0.4) is 0 Å². The van der Waals surface area contributed by atoms with E-state index >= 15 is 0 Å². The summed E-state index contributed by atoms with van der Waals surface area (Å²) in [6.07, 6.45) is 8.07. The smallest absolute Gasteiger partial charge is 0.160 e. The van der Waals surface area contributed by atoms with Gasteiger partial charge in [-0.25, -0.2) is 13.5 Å². The highest BCUT2D eigenvalue weighted by Crippen LogP contribution is 2.43. The maximum absolute atomic E-state index is 14.3. The second-order valence-corrected chi connectivity index (χ2v) is 8.10. The Labute approximate surface area is 195 Å². The third kappa shape index (κ3) is 3.83. The van der Waals surface area contributed by atoms with E-state index in [4.69, 9.17) is 0 Å². The van der Waals surface area contributed by atoms with Crippen LogP contribution in [0.4, 0.5) is 20.3 Å². The van der Waals surface area contributed by atoms with Gasteiger partial charge < -0.3 is 5.32 Å². The number of fused-ring (bicyclic) bond motifs is 1. The molecule has 0 saturated carbocycles. The molecule has 6 heteroatoms. The van der Waals surface area contributed by atoms with Crippen molar-refractivity contribution in [3.8, 4) is 0 Å². The number of aromatic nitrogens is 2. The van der Waals surface area contributed by atoms with Gasteiger partial charge in [-0.2, -0.15) is 0 Å². The summed E-state index contributed by atoms with van der Waals surface area (Å²) >= 11 is 0. The Bertz CT molecular complexity index is 1390. The molecule has 0 radical (unpaired) electrons. The second kappa shape index (κ2) is 8.90. The highest BCUT2D eigenvalue weighted by Gasteiger charge is 2.38. The fraction of sp³-hybridized carbons (Fsp3) is 0.0714. The third-order valence-corrected chi connectivity index (χ3v) is 6.10. The summed E-state index contributed by atoms with van der Waals surface area (Å²) in [4.78, 5) is 11.0. The number of nitrogens with one attached hydrogen (secondary N) is 1. The summed E-state index contributed by atoms with van der Waals surface area (Å²) in [6, 6.07) is 23.4. The van der Waals surface area contributed by atoms with E-state index in [1.54, 1.807) is 16.9 Å². The number of anilines is 2. The predicted octanol–water partition coefficient (Wildman–Crippen LogP) is 6.13. The summed E-state index contributed by atoms with van der Waals surface area (Å²) in [5.41, 5.74) is 3.40. The van der Waals surface area contributed by atoms with Crippen molar-refractivity contribution >= 4 is 30.1 Å². The molecule has 168 valence electrons. The van der Waals surface area contributed by atoms with Crippen LogP contribution in [-0.2, 0) is 16.6 Å². The minimum Gasteiger partial charge on any atom is -0.338 e. The molecule has 1 heterocycles. The van der Waals surface area contributed by atoms with Gasteiger partial charge in [-0.05, 0) is 41.5 Å². The third-order valence-electron chi connectivity index (χ3n) is 6.10. The van der Waals surface area contributed by atoms with Gasteiger partial charge in [-0.1, -0.05) is 66.7 Å². The molecule has 0 spiro atoms. The van der Waals surface area contributed by atoms with E-state index in [1.807, 2.05) is 72.8 Å². The maximum atomic E-state index is 14.3. The number of para-hydroxylation sites is 1. The molecule has 1 aliphatic rings. The lowest BCUT2D eigenvalue weighted by Crippen LogP contribution is -2.31. The molecule has 0 saturated heterocycles. The second-order valence-electron chi connectivity index (χ2n) is 8.10. The maximum Gasteiger partial charge on any atom is 0.160 e. The van der Waals surface area contributed by atoms with E-state index in [0.717, 1.165) is 28.6 Å². The minimum atomic E-state index is -0.896. The number of aldehydes is 1. The Morgan fingerprint density at radius 1 is 0.912 bits per heavy atom. The molecular formula is C28H21F2N3O. The van der Waals surface area contributed by atoms with Crippen molar-refractivity contribution in [2.24, 2.45) is 0 Å². The van der Waals surface area contributed by atoms with Crippen LogP contribution in [0.2, 0.25) is 0 Å². The number of carbonyl (C=O) groups is 1. The number of allylic oxidation sites excluding steroid dienone is 2. The SMILES string of the molecule is O=CC=Cn1nc(Nc2ccccc2)c2c1CC(c1ccccc1)(c1ccc(F)c(F)c1)C=C2. The highest BCUT2D eigenvalue weighted by atomic mass is 19.2. The first-order valence-electron chi connectivity index (χ1n) is 10.9. The van der Waals surface area contributed by atoms with E-state index in [9.17, 15) is 13.6 Å². The standard InChI is InChI=1S/C28H21F2N3O/c29-24-13-12-21(18-25(24)30)28(20-8-3-1-4-9-20)15-14-23-26(19-28)33(16-7-17-34)32-27(23)31-22-10-5-2-6-11-22/h1-18H,19H2,(H,31,32). The number of hydrogen-bond acceptors (Lipinski definition) is 3. The predicted molar refractivity (Wildman–Crippen MR) is 130 cm³/mol. The molecule has 0 bridgehead atoms. The van der Waals surface area contributed by atoms with Crippen molar-refractivity contribution in [2.45, 2.75) is 11.8 Å². The van der Waals surface area contributed by atoms with Crippen LogP contribution >= 0.6 is 0 Å². The Hall–Kier alpha value is -4.32. The van der Waals surface area contributed by atoms with Crippen LogP contribution < -0.4 is 5.32 Å². The lowest BCUT2D eigenvalue weighted by molar-refractivity contribution is -0.104. The normalized spacial score (nSPS) is 17.0. The van der Waals surface area contributed by atoms with E-state index in [2.05, 4.69) is 10.4 Å². The Morgan fingerprint density at radius 2 is 1.65 bits per heavy atom. The molecule has 0 aliphatic heterocycles. The first-order valence-corrected chi connectivity index (χ1v) is 10.9. The molecule has 34 heavy (non-hydrogen) atoms. The van der Waals surface area contributed by atoms with Crippen LogP contribution in [0.1, 0.15) is 22.4 Å². The van der Waals surface area contributed by atoms with Crippen LogP contribution in [0, 0.1) is 11.6 Å². The molecule has 1 aliphatic carbocycles. The topological polar surface area (TPSA) is 46.9 Å². The van der Waals surface area contributed by atoms with Gasteiger partial charge in [-0.15, -0.1) is 5.10 Å². The molecule has 1 unspecified atom stereocenters. The van der Waals surface area contributed by atoms with E-state index in [-0.39, 0.29) is 0 Å². The fourth-order valence-electron chi connectivity index (χ4n) is 4.44. The van der Waals surface area contributed by atoms with Crippen molar-refractivity contribution in [1.82, 2.24) is 9.78 Å². The highest BCUT2D eigenvalue weighted by molar-refractivity contribution is 5.76. The van der Waals surface area contributed by atoms with Crippen molar-refractivity contribution < 1.29 is 13.6 Å². The molecule has 0 amide bonds.